The van der Waals surface area contributed by atoms with Gasteiger partial charge in [0.25, 0.3) is 0 Å². The molecule has 0 radical (unpaired) electrons. The zero-order valence-electron chi connectivity index (χ0n) is 14.5. The highest BCUT2D eigenvalue weighted by atomic mass is 127. The van der Waals surface area contributed by atoms with Crippen LogP contribution in [0.25, 0.3) is 0 Å². The van der Waals surface area contributed by atoms with E-state index in [0.717, 1.165) is 16.5 Å². The number of hydrogen-bond donors (Lipinski definition) is 2. The van der Waals surface area contributed by atoms with Crippen LogP contribution in [0.4, 0.5) is 5.69 Å². The smallest absolute Gasteiger partial charge is 0.174 e. The normalized spacial score (nSPS) is 19.7. The van der Waals surface area contributed by atoms with E-state index in [4.69, 9.17) is 12.2 Å². The Morgan fingerprint density at radius 1 is 1.04 bits per heavy atom. The fourth-order valence-corrected chi connectivity index (χ4v) is 4.84. The highest BCUT2D eigenvalue weighted by molar-refractivity contribution is 14.1. The number of aryl methyl sites for hydroxylation is 2. The summed E-state index contributed by atoms with van der Waals surface area (Å²) in [5, 5.41) is 4.24. The van der Waals surface area contributed by atoms with Crippen molar-refractivity contribution < 1.29 is 0 Å². The van der Waals surface area contributed by atoms with Gasteiger partial charge in [-0.15, -0.1) is 0 Å². The lowest BCUT2D eigenvalue weighted by Gasteiger charge is -2.28. The molecular weight excluding hydrogens is 455 g/mol. The van der Waals surface area contributed by atoms with Crippen molar-refractivity contribution in [1.29, 1.82) is 0 Å². The quantitative estimate of drug-likeness (QED) is 0.423. The SMILES string of the molecule is Cc1[nH]c(C)c([C@H]2[C@H](c3ccccn3)NC(=S)N2c2ccccc2)c1I. The summed E-state index contributed by atoms with van der Waals surface area (Å²) in [7, 11) is 0. The molecule has 6 heteroatoms. The number of para-hydroxylation sites is 1. The van der Waals surface area contributed by atoms with E-state index in [9.17, 15) is 0 Å². The third-order valence-electron chi connectivity index (χ3n) is 4.77. The molecule has 0 saturated carbocycles. The number of nitrogens with zero attached hydrogens (tertiary/aromatic N) is 2. The Morgan fingerprint density at radius 3 is 2.38 bits per heavy atom. The number of pyridine rings is 1. The molecule has 4 rings (SSSR count). The molecule has 2 N–H and O–H groups in total. The fourth-order valence-electron chi connectivity index (χ4n) is 3.64. The number of aromatic nitrogens is 2. The summed E-state index contributed by atoms with van der Waals surface area (Å²) in [6, 6.07) is 16.4. The molecule has 0 spiro atoms. The molecule has 1 aromatic carbocycles. The first-order chi connectivity index (χ1) is 12.6. The molecule has 0 unspecified atom stereocenters. The molecule has 0 amide bonds. The molecule has 1 aliphatic heterocycles. The summed E-state index contributed by atoms with van der Waals surface area (Å²) in [4.78, 5) is 10.3. The molecule has 132 valence electrons. The minimum absolute atomic E-state index is 0.00804. The number of aromatic amines is 1. The van der Waals surface area contributed by atoms with Crippen LogP contribution in [0.3, 0.4) is 0 Å². The van der Waals surface area contributed by atoms with Gasteiger partial charge in [0.2, 0.25) is 0 Å². The van der Waals surface area contributed by atoms with Crippen molar-refractivity contribution in [1.82, 2.24) is 15.3 Å². The molecule has 1 saturated heterocycles. The van der Waals surface area contributed by atoms with E-state index < -0.39 is 0 Å². The lowest BCUT2D eigenvalue weighted by atomic mass is 9.96. The van der Waals surface area contributed by atoms with Crippen molar-refractivity contribution in [2.24, 2.45) is 0 Å². The van der Waals surface area contributed by atoms with Gasteiger partial charge in [-0.3, -0.25) is 4.98 Å². The molecular formula is C20H19IN4S. The van der Waals surface area contributed by atoms with E-state index in [-0.39, 0.29) is 12.1 Å². The largest absolute Gasteiger partial charge is 0.362 e. The minimum atomic E-state index is -0.00804. The molecule has 2 atom stereocenters. The molecule has 3 aromatic rings. The van der Waals surface area contributed by atoms with Gasteiger partial charge in [0.05, 0.1) is 17.8 Å². The van der Waals surface area contributed by atoms with E-state index in [2.05, 4.69) is 74.8 Å². The predicted molar refractivity (Wildman–Crippen MR) is 117 cm³/mol. The highest BCUT2D eigenvalue weighted by Gasteiger charge is 2.42. The Bertz CT molecular complexity index is 939. The third-order valence-corrected chi connectivity index (χ3v) is 6.48. The van der Waals surface area contributed by atoms with E-state index >= 15 is 0 Å². The topological polar surface area (TPSA) is 44.0 Å². The van der Waals surface area contributed by atoms with Crippen LogP contribution in [-0.4, -0.2) is 15.1 Å². The van der Waals surface area contributed by atoms with Crippen molar-refractivity contribution in [3.63, 3.8) is 0 Å². The lowest BCUT2D eigenvalue weighted by Crippen LogP contribution is -2.29. The zero-order chi connectivity index (χ0) is 18.3. The van der Waals surface area contributed by atoms with Gasteiger partial charge in [0.1, 0.15) is 0 Å². The molecule has 26 heavy (non-hydrogen) atoms. The number of thiocarbonyl (C=S) groups is 1. The van der Waals surface area contributed by atoms with Crippen molar-refractivity contribution in [3.8, 4) is 0 Å². The Morgan fingerprint density at radius 2 is 1.77 bits per heavy atom. The van der Waals surface area contributed by atoms with E-state index in [0.29, 0.717) is 0 Å². The van der Waals surface area contributed by atoms with Crippen molar-refractivity contribution in [3.05, 3.63) is 80.9 Å². The summed E-state index contributed by atoms with van der Waals surface area (Å²) >= 11 is 8.18. The van der Waals surface area contributed by atoms with Crippen LogP contribution < -0.4 is 10.2 Å². The summed E-state index contributed by atoms with van der Waals surface area (Å²) in [5.41, 5.74) is 5.71. The molecule has 1 aliphatic rings. The summed E-state index contributed by atoms with van der Waals surface area (Å²) < 4.78 is 1.25. The number of rotatable bonds is 3. The Balaban J connectivity index is 1.90. The molecule has 1 fully saturated rings. The number of H-pyrrole nitrogens is 1. The van der Waals surface area contributed by atoms with E-state index in [1.54, 1.807) is 0 Å². The van der Waals surface area contributed by atoms with Gasteiger partial charge < -0.3 is 15.2 Å². The van der Waals surface area contributed by atoms with Crippen LogP contribution in [0.1, 0.15) is 34.7 Å². The summed E-state index contributed by atoms with van der Waals surface area (Å²) in [6.45, 7) is 4.24. The average Bonchev–Trinajstić information content (AvgIpc) is 3.12. The zero-order valence-corrected chi connectivity index (χ0v) is 17.5. The first-order valence-corrected chi connectivity index (χ1v) is 9.97. The maximum Gasteiger partial charge on any atom is 0.174 e. The van der Waals surface area contributed by atoms with Crippen molar-refractivity contribution in [2.75, 3.05) is 4.90 Å². The van der Waals surface area contributed by atoms with Gasteiger partial charge in [-0.2, -0.15) is 0 Å². The minimum Gasteiger partial charge on any atom is -0.362 e. The average molecular weight is 474 g/mol. The Labute approximate surface area is 172 Å². The molecule has 4 nitrogen and oxygen atoms in total. The van der Waals surface area contributed by atoms with E-state index in [1.807, 2.05) is 36.5 Å². The molecule has 2 aromatic heterocycles. The van der Waals surface area contributed by atoms with Crippen molar-refractivity contribution >= 4 is 45.6 Å². The molecule has 3 heterocycles. The summed E-state index contributed by atoms with van der Waals surface area (Å²) in [5.74, 6) is 0. The number of benzene rings is 1. The second kappa shape index (κ2) is 7.00. The number of hydrogen-bond acceptors (Lipinski definition) is 2. The van der Waals surface area contributed by atoms with Gasteiger partial charge in [0, 0.05) is 32.4 Å². The van der Waals surface area contributed by atoms with Crippen LogP contribution in [0.2, 0.25) is 0 Å². The van der Waals surface area contributed by atoms with Gasteiger partial charge in [0.15, 0.2) is 5.11 Å². The number of halogens is 1. The number of anilines is 1. The maximum atomic E-state index is 5.74. The first kappa shape index (κ1) is 17.5. The molecule has 0 bridgehead atoms. The monoisotopic (exact) mass is 474 g/mol. The van der Waals surface area contributed by atoms with Crippen LogP contribution in [-0.2, 0) is 0 Å². The number of nitrogens with one attached hydrogen (secondary N) is 2. The second-order valence-corrected chi connectivity index (χ2v) is 7.90. The van der Waals surface area contributed by atoms with Crippen molar-refractivity contribution in [2.45, 2.75) is 25.9 Å². The highest BCUT2D eigenvalue weighted by Crippen LogP contribution is 2.44. The summed E-state index contributed by atoms with van der Waals surface area (Å²) in [6.07, 6.45) is 1.84. The maximum absolute atomic E-state index is 5.74. The Kier molecular flexibility index (Phi) is 4.71. The standard InChI is InChI=1S/C20H19IN4S/c1-12-16(17(21)13(2)23-12)19-18(15-10-6-7-11-22-15)24-20(26)25(19)14-8-4-3-5-9-14/h3-11,18-19,23H,1-2H3,(H,24,26)/t18-,19-/m0/s1. The fraction of sp³-hybridized carbons (Fsp3) is 0.200. The van der Waals surface area contributed by atoms with Gasteiger partial charge in [-0.05, 0) is 72.9 Å². The molecule has 0 aliphatic carbocycles. The van der Waals surface area contributed by atoms with Crippen LogP contribution in [0.5, 0.6) is 0 Å². The predicted octanol–water partition coefficient (Wildman–Crippen LogP) is 4.81. The lowest BCUT2D eigenvalue weighted by molar-refractivity contribution is 0.564. The van der Waals surface area contributed by atoms with Crippen LogP contribution >= 0.6 is 34.8 Å². The Hall–Kier alpha value is -1.93. The van der Waals surface area contributed by atoms with Gasteiger partial charge in [-0.1, -0.05) is 24.3 Å². The van der Waals surface area contributed by atoms with Crippen LogP contribution in [0.15, 0.2) is 54.7 Å². The first-order valence-electron chi connectivity index (χ1n) is 8.48. The second-order valence-electron chi connectivity index (χ2n) is 6.43. The van der Waals surface area contributed by atoms with Gasteiger partial charge >= 0.3 is 0 Å². The van der Waals surface area contributed by atoms with E-state index in [1.165, 1.54) is 20.5 Å². The van der Waals surface area contributed by atoms with Crippen LogP contribution in [0, 0.1) is 17.4 Å². The van der Waals surface area contributed by atoms with Gasteiger partial charge in [-0.25, -0.2) is 0 Å². The third kappa shape index (κ3) is 2.91.